The van der Waals surface area contributed by atoms with E-state index in [-0.39, 0.29) is 24.4 Å². The Kier molecular flexibility index (Phi) is 7.35. The van der Waals surface area contributed by atoms with Crippen LogP contribution in [0.3, 0.4) is 0 Å². The summed E-state index contributed by atoms with van der Waals surface area (Å²) in [6.45, 7) is 0.937. The molecular weight excluding hydrogens is 505 g/mol. The van der Waals surface area contributed by atoms with Crippen molar-refractivity contribution in [2.75, 3.05) is 20.1 Å². The molecule has 0 N–H and O–H groups in total. The van der Waals surface area contributed by atoms with E-state index in [1.54, 1.807) is 42.4 Å². The van der Waals surface area contributed by atoms with E-state index in [1.165, 1.54) is 12.3 Å². The number of hydrogen-bond acceptors (Lipinski definition) is 3. The van der Waals surface area contributed by atoms with Gasteiger partial charge in [0.25, 0.3) is 5.91 Å². The van der Waals surface area contributed by atoms with E-state index in [9.17, 15) is 22.4 Å². The van der Waals surface area contributed by atoms with Gasteiger partial charge >= 0.3 is 6.18 Å². The van der Waals surface area contributed by atoms with Gasteiger partial charge in [-0.05, 0) is 54.6 Å². The van der Waals surface area contributed by atoms with E-state index >= 15 is 0 Å². The Morgan fingerprint density at radius 2 is 1.89 bits per heavy atom. The summed E-state index contributed by atoms with van der Waals surface area (Å²) in [5.41, 5.74) is 0.416. The number of nitrogens with zero attached hydrogens (tertiary/aromatic N) is 3. The number of hydrogen-bond donors (Lipinski definition) is 0. The van der Waals surface area contributed by atoms with E-state index in [4.69, 9.17) is 23.2 Å². The minimum Gasteiger partial charge on any atom is -0.336 e. The molecular formula is C25H21Cl2F4N3O. The fraction of sp³-hybridized carbons (Fsp3) is 0.280. The highest BCUT2D eigenvalue weighted by molar-refractivity contribution is 6.42. The van der Waals surface area contributed by atoms with Crippen molar-refractivity contribution in [2.45, 2.75) is 24.7 Å². The molecule has 0 aliphatic carbocycles. The number of carbonyl (C=O) groups excluding carboxylic acids is 1. The first-order valence-corrected chi connectivity index (χ1v) is 11.5. The van der Waals surface area contributed by atoms with Crippen LogP contribution in [0.2, 0.25) is 10.0 Å². The zero-order valence-corrected chi connectivity index (χ0v) is 20.1. The summed E-state index contributed by atoms with van der Waals surface area (Å²) in [6.07, 6.45) is -1.68. The Hall–Kier alpha value is -2.68. The fourth-order valence-corrected chi connectivity index (χ4v) is 4.74. The molecule has 2 heterocycles. The van der Waals surface area contributed by atoms with Crippen LogP contribution in [0.5, 0.6) is 0 Å². The average molecular weight is 526 g/mol. The molecule has 0 spiro atoms. The highest BCUT2D eigenvalue weighted by Gasteiger charge is 2.39. The SMILES string of the molecule is CN(Cc1ccc(C(F)(F)F)c(F)c1)C1CN(C(=O)c2cccnc2)CC1c1ccc(Cl)c(Cl)c1. The van der Waals surface area contributed by atoms with Crippen molar-refractivity contribution in [3.05, 3.63) is 99.0 Å². The minimum absolute atomic E-state index is 0.158. The second kappa shape index (κ2) is 10.1. The van der Waals surface area contributed by atoms with Crippen LogP contribution < -0.4 is 0 Å². The highest BCUT2D eigenvalue weighted by atomic mass is 35.5. The van der Waals surface area contributed by atoms with E-state index in [0.29, 0.717) is 34.3 Å². The third-order valence-electron chi connectivity index (χ3n) is 6.19. The van der Waals surface area contributed by atoms with Crippen molar-refractivity contribution in [1.82, 2.24) is 14.8 Å². The molecule has 2 unspecified atom stereocenters. The lowest BCUT2D eigenvalue weighted by atomic mass is 9.93. The predicted molar refractivity (Wildman–Crippen MR) is 126 cm³/mol. The lowest BCUT2D eigenvalue weighted by Gasteiger charge is -2.29. The summed E-state index contributed by atoms with van der Waals surface area (Å²) in [5, 5.41) is 0.786. The van der Waals surface area contributed by atoms with Gasteiger partial charge in [-0.1, -0.05) is 35.3 Å². The van der Waals surface area contributed by atoms with Crippen molar-refractivity contribution < 1.29 is 22.4 Å². The first-order chi connectivity index (χ1) is 16.5. The number of aromatic nitrogens is 1. The van der Waals surface area contributed by atoms with Gasteiger partial charge in [0.15, 0.2) is 0 Å². The molecule has 2 atom stereocenters. The number of benzene rings is 2. The summed E-state index contributed by atoms with van der Waals surface area (Å²) >= 11 is 12.3. The second-order valence-electron chi connectivity index (χ2n) is 8.53. The zero-order valence-electron chi connectivity index (χ0n) is 18.6. The van der Waals surface area contributed by atoms with Crippen molar-refractivity contribution in [2.24, 2.45) is 0 Å². The molecule has 3 aromatic rings. The largest absolute Gasteiger partial charge is 0.419 e. The molecule has 2 aromatic carbocycles. The number of likely N-dealkylation sites (N-methyl/N-ethyl adjacent to an activating group) is 1. The molecule has 10 heteroatoms. The molecule has 0 saturated carbocycles. The van der Waals surface area contributed by atoms with Gasteiger partial charge in [-0.3, -0.25) is 14.7 Å². The zero-order chi connectivity index (χ0) is 25.3. The normalized spacial score (nSPS) is 18.3. The number of likely N-dealkylation sites (tertiary alicyclic amines) is 1. The minimum atomic E-state index is -4.76. The van der Waals surface area contributed by atoms with E-state index in [1.807, 2.05) is 11.0 Å². The smallest absolute Gasteiger partial charge is 0.336 e. The standard InChI is InChI=1S/C25H21Cl2F4N3O/c1-33(12-15-4-6-19(22(28)9-15)25(29,30)31)23-14-34(24(35)17-3-2-8-32-11-17)13-18(23)16-5-7-20(26)21(27)10-16/h2-11,18,23H,12-14H2,1H3. The van der Waals surface area contributed by atoms with Gasteiger partial charge in [-0.25, -0.2) is 4.39 Å². The maximum absolute atomic E-state index is 14.1. The van der Waals surface area contributed by atoms with Crippen molar-refractivity contribution in [1.29, 1.82) is 0 Å². The van der Waals surface area contributed by atoms with Crippen LogP contribution in [0.4, 0.5) is 17.6 Å². The number of halogens is 6. The lowest BCUT2D eigenvalue weighted by Crippen LogP contribution is -2.38. The molecule has 1 aliphatic rings. The second-order valence-corrected chi connectivity index (χ2v) is 9.34. The summed E-state index contributed by atoms with van der Waals surface area (Å²) in [4.78, 5) is 20.7. The predicted octanol–water partition coefficient (Wildman–Crippen LogP) is 6.29. The van der Waals surface area contributed by atoms with E-state index < -0.39 is 17.6 Å². The maximum atomic E-state index is 14.1. The molecule has 1 aliphatic heterocycles. The monoisotopic (exact) mass is 525 g/mol. The Labute approximate surface area is 210 Å². The quantitative estimate of drug-likeness (QED) is 0.367. The summed E-state index contributed by atoms with van der Waals surface area (Å²) in [6, 6.07) is 11.4. The summed E-state index contributed by atoms with van der Waals surface area (Å²) in [5.74, 6) is -1.65. The Morgan fingerprint density at radius 1 is 1.11 bits per heavy atom. The molecule has 0 bridgehead atoms. The first-order valence-electron chi connectivity index (χ1n) is 10.7. The Morgan fingerprint density at radius 3 is 2.51 bits per heavy atom. The van der Waals surface area contributed by atoms with Crippen LogP contribution in [0.15, 0.2) is 60.9 Å². The molecule has 1 aromatic heterocycles. The van der Waals surface area contributed by atoms with Crippen LogP contribution in [0, 0.1) is 5.82 Å². The van der Waals surface area contributed by atoms with Gasteiger partial charge in [-0.2, -0.15) is 13.2 Å². The molecule has 0 radical (unpaired) electrons. The summed E-state index contributed by atoms with van der Waals surface area (Å²) in [7, 11) is 1.79. The van der Waals surface area contributed by atoms with E-state index in [0.717, 1.165) is 17.7 Å². The number of carbonyl (C=O) groups is 1. The van der Waals surface area contributed by atoms with Crippen LogP contribution in [-0.2, 0) is 12.7 Å². The average Bonchev–Trinajstić information content (AvgIpc) is 3.26. The van der Waals surface area contributed by atoms with Gasteiger partial charge in [0.05, 0.1) is 21.2 Å². The fourth-order valence-electron chi connectivity index (χ4n) is 4.43. The molecule has 4 rings (SSSR count). The lowest BCUT2D eigenvalue weighted by molar-refractivity contribution is -0.140. The van der Waals surface area contributed by atoms with Crippen LogP contribution >= 0.6 is 23.2 Å². The van der Waals surface area contributed by atoms with Gasteiger partial charge in [-0.15, -0.1) is 0 Å². The number of pyridine rings is 1. The van der Waals surface area contributed by atoms with Gasteiger partial charge < -0.3 is 4.90 Å². The molecule has 35 heavy (non-hydrogen) atoms. The van der Waals surface area contributed by atoms with Crippen LogP contribution in [0.25, 0.3) is 0 Å². The number of rotatable bonds is 5. The van der Waals surface area contributed by atoms with Gasteiger partial charge in [0.2, 0.25) is 0 Å². The highest BCUT2D eigenvalue weighted by Crippen LogP contribution is 2.36. The van der Waals surface area contributed by atoms with Crippen LogP contribution in [-0.4, -0.2) is 46.9 Å². The van der Waals surface area contributed by atoms with Crippen molar-refractivity contribution >= 4 is 29.1 Å². The first kappa shape index (κ1) is 25.4. The molecule has 1 amide bonds. The maximum Gasteiger partial charge on any atom is 0.419 e. The molecule has 1 fully saturated rings. The number of amides is 1. The topological polar surface area (TPSA) is 36.4 Å². The third-order valence-corrected chi connectivity index (χ3v) is 6.93. The molecule has 1 saturated heterocycles. The van der Waals surface area contributed by atoms with Crippen molar-refractivity contribution in [3.8, 4) is 0 Å². The molecule has 184 valence electrons. The Balaban J connectivity index is 1.61. The van der Waals surface area contributed by atoms with E-state index in [2.05, 4.69) is 4.98 Å². The van der Waals surface area contributed by atoms with Gasteiger partial charge in [0.1, 0.15) is 5.82 Å². The van der Waals surface area contributed by atoms with Crippen molar-refractivity contribution in [3.63, 3.8) is 0 Å². The van der Waals surface area contributed by atoms with Gasteiger partial charge in [0, 0.05) is 44.0 Å². The number of alkyl halides is 3. The Bertz CT molecular complexity index is 1220. The molecule has 4 nitrogen and oxygen atoms in total. The van der Waals surface area contributed by atoms with Crippen LogP contribution in [0.1, 0.15) is 33.0 Å². The summed E-state index contributed by atoms with van der Waals surface area (Å²) < 4.78 is 52.9. The third kappa shape index (κ3) is 5.60.